The lowest BCUT2D eigenvalue weighted by Gasteiger charge is -2.44. The Balaban J connectivity index is 2.41. The van der Waals surface area contributed by atoms with Gasteiger partial charge in [0.1, 0.15) is 17.6 Å². The Morgan fingerprint density at radius 3 is 2.37 bits per heavy atom. The highest BCUT2D eigenvalue weighted by Gasteiger charge is 2.56. The quantitative estimate of drug-likeness (QED) is 0.225. The number of hydrogen-bond acceptors (Lipinski definition) is 4. The van der Waals surface area contributed by atoms with E-state index in [0.717, 1.165) is 35.2 Å². The summed E-state index contributed by atoms with van der Waals surface area (Å²) < 4.78 is 6.94. The fraction of sp³-hybridized carbons (Fsp3) is 0.500. The standard InChI is InChI=1S/C34H46Cl2N2O3/c1-9-13-18-34(28-16-14-26(36)21-30(28)38(24(7)39)32(34)40)29(19-22(5)10-2)27-20-25(35)15-17-31(27)41-33(11-3,12-4)23(6)37-8/h10,14-17,20-21,29,32,37,40H,6,9,11-13,18-19H2,1-5,7-8H3/b22-10+/t29-,32?,34-/m0/s1. The van der Waals surface area contributed by atoms with Gasteiger partial charge in [-0.1, -0.05) is 81.1 Å². The minimum Gasteiger partial charge on any atom is -0.481 e. The summed E-state index contributed by atoms with van der Waals surface area (Å²) in [6, 6.07) is 11.4. The molecular formula is C34H46Cl2N2O3. The second kappa shape index (κ2) is 13.7. The molecule has 7 heteroatoms. The summed E-state index contributed by atoms with van der Waals surface area (Å²) in [5, 5.41) is 16.6. The Bertz CT molecular complexity index is 1290. The van der Waals surface area contributed by atoms with Gasteiger partial charge in [-0.15, -0.1) is 0 Å². The molecule has 1 aliphatic rings. The number of carbonyl (C=O) groups excluding carboxylic acids is 1. The molecule has 0 bridgehead atoms. The Hall–Kier alpha value is -2.47. The normalized spacial score (nSPS) is 19.6. The Kier molecular flexibility index (Phi) is 11.0. The molecule has 2 aromatic rings. The van der Waals surface area contributed by atoms with Crippen molar-refractivity contribution in [3.8, 4) is 5.75 Å². The van der Waals surface area contributed by atoms with Crippen LogP contribution in [0.3, 0.4) is 0 Å². The van der Waals surface area contributed by atoms with E-state index >= 15 is 0 Å². The smallest absolute Gasteiger partial charge is 0.226 e. The molecular weight excluding hydrogens is 555 g/mol. The summed E-state index contributed by atoms with van der Waals surface area (Å²) in [5.41, 5.74) is 2.95. The summed E-state index contributed by atoms with van der Waals surface area (Å²) in [7, 11) is 1.86. The van der Waals surface area contributed by atoms with E-state index in [9.17, 15) is 9.90 Å². The van der Waals surface area contributed by atoms with Gasteiger partial charge in [-0.25, -0.2) is 0 Å². The number of allylic oxidation sites excluding steroid dienone is 2. The molecule has 1 amide bonds. The maximum atomic E-state index is 13.1. The number of fused-ring (bicyclic) bond motifs is 1. The molecule has 0 spiro atoms. The zero-order valence-electron chi connectivity index (χ0n) is 25.6. The van der Waals surface area contributed by atoms with Crippen LogP contribution in [0.1, 0.15) is 97.1 Å². The van der Waals surface area contributed by atoms with E-state index in [-0.39, 0.29) is 11.8 Å². The number of ether oxygens (including phenoxy) is 1. The van der Waals surface area contributed by atoms with Crippen LogP contribution in [0, 0.1) is 0 Å². The molecule has 41 heavy (non-hydrogen) atoms. The lowest BCUT2D eigenvalue weighted by Crippen LogP contribution is -2.50. The number of hydrogen-bond donors (Lipinski definition) is 2. The molecule has 0 aliphatic carbocycles. The van der Waals surface area contributed by atoms with Crippen LogP contribution in [0.2, 0.25) is 10.0 Å². The zero-order chi connectivity index (χ0) is 30.5. The predicted molar refractivity (Wildman–Crippen MR) is 172 cm³/mol. The highest BCUT2D eigenvalue weighted by atomic mass is 35.5. The third kappa shape index (κ3) is 6.18. The highest BCUT2D eigenvalue weighted by Crippen LogP contribution is 2.58. The van der Waals surface area contributed by atoms with E-state index in [2.05, 4.69) is 45.7 Å². The largest absolute Gasteiger partial charge is 0.481 e. The minimum absolute atomic E-state index is 0.232. The van der Waals surface area contributed by atoms with E-state index in [1.165, 1.54) is 11.8 Å². The topological polar surface area (TPSA) is 61.8 Å². The summed E-state index contributed by atoms with van der Waals surface area (Å²) >= 11 is 13.2. The Labute approximate surface area is 256 Å². The first-order chi connectivity index (χ1) is 19.5. The van der Waals surface area contributed by atoms with Gasteiger partial charge >= 0.3 is 0 Å². The summed E-state index contributed by atoms with van der Waals surface area (Å²) in [6.07, 6.45) is 5.52. The predicted octanol–water partition coefficient (Wildman–Crippen LogP) is 8.92. The first-order valence-corrected chi connectivity index (χ1v) is 15.5. The van der Waals surface area contributed by atoms with Gasteiger partial charge in [0.15, 0.2) is 0 Å². The van der Waals surface area contributed by atoms with Crippen molar-refractivity contribution in [3.05, 3.63) is 81.5 Å². The average Bonchev–Trinajstić information content (AvgIpc) is 3.20. The number of aliphatic hydroxyl groups excluding tert-OH is 1. The second-order valence-electron chi connectivity index (χ2n) is 11.2. The fourth-order valence-corrected chi connectivity index (χ4v) is 6.78. The number of anilines is 1. The molecule has 0 fully saturated rings. The van der Waals surface area contributed by atoms with Gasteiger partial charge in [0, 0.05) is 46.6 Å². The first kappa shape index (κ1) is 33.0. The van der Waals surface area contributed by atoms with E-state index in [1.807, 2.05) is 44.3 Å². The second-order valence-corrected chi connectivity index (χ2v) is 12.0. The van der Waals surface area contributed by atoms with Gasteiger partial charge in [-0.2, -0.15) is 0 Å². The Morgan fingerprint density at radius 1 is 1.17 bits per heavy atom. The van der Waals surface area contributed by atoms with E-state index in [4.69, 9.17) is 27.9 Å². The third-order valence-corrected chi connectivity index (χ3v) is 9.47. The number of benzene rings is 2. The van der Waals surface area contributed by atoms with Gasteiger partial charge in [-0.3, -0.25) is 9.69 Å². The molecule has 5 nitrogen and oxygen atoms in total. The number of amides is 1. The molecule has 3 rings (SSSR count). The van der Waals surface area contributed by atoms with Crippen molar-refractivity contribution in [2.45, 2.75) is 103 Å². The number of rotatable bonds is 13. The van der Waals surface area contributed by atoms with Crippen LogP contribution in [-0.2, 0) is 10.2 Å². The van der Waals surface area contributed by atoms with Gasteiger partial charge in [0.2, 0.25) is 5.91 Å². The lowest BCUT2D eigenvalue weighted by atomic mass is 9.63. The van der Waals surface area contributed by atoms with Gasteiger partial charge < -0.3 is 15.2 Å². The van der Waals surface area contributed by atoms with Crippen LogP contribution in [-0.4, -0.2) is 29.9 Å². The van der Waals surface area contributed by atoms with Crippen molar-refractivity contribution in [2.24, 2.45) is 0 Å². The van der Waals surface area contributed by atoms with Crippen molar-refractivity contribution < 1.29 is 14.6 Å². The Morgan fingerprint density at radius 2 is 1.80 bits per heavy atom. The summed E-state index contributed by atoms with van der Waals surface area (Å²) in [5.74, 6) is 0.195. The monoisotopic (exact) mass is 600 g/mol. The summed E-state index contributed by atoms with van der Waals surface area (Å²) in [6.45, 7) is 16.2. The minimum atomic E-state index is -1.10. The van der Waals surface area contributed by atoms with Crippen LogP contribution >= 0.6 is 23.2 Å². The highest BCUT2D eigenvalue weighted by molar-refractivity contribution is 6.31. The summed E-state index contributed by atoms with van der Waals surface area (Å²) in [4.78, 5) is 14.6. The number of unbranched alkanes of at least 4 members (excludes halogenated alkanes) is 1. The van der Waals surface area contributed by atoms with E-state index < -0.39 is 17.2 Å². The molecule has 0 saturated carbocycles. The molecule has 2 N–H and O–H groups in total. The molecule has 0 radical (unpaired) electrons. The molecule has 0 aromatic heterocycles. The van der Waals surface area contributed by atoms with Crippen LogP contribution in [0.5, 0.6) is 5.75 Å². The molecule has 0 saturated heterocycles. The number of likely N-dealkylation sites (N-methyl/N-ethyl adjacent to an activating group) is 1. The maximum absolute atomic E-state index is 13.1. The number of aliphatic hydroxyl groups is 1. The first-order valence-electron chi connectivity index (χ1n) is 14.7. The molecule has 1 aliphatic heterocycles. The van der Waals surface area contributed by atoms with Crippen molar-refractivity contribution in [1.82, 2.24) is 5.32 Å². The van der Waals surface area contributed by atoms with Crippen LogP contribution < -0.4 is 15.0 Å². The molecule has 224 valence electrons. The van der Waals surface area contributed by atoms with Gasteiger partial charge in [0.25, 0.3) is 0 Å². The SMILES string of the molecule is C=C(NC)C(CC)(CC)Oc1ccc(Cl)cc1[C@H](C/C(C)=C/C)[C@]1(CCCC)c2ccc(Cl)cc2N(C(C)=O)C1O. The number of nitrogens with one attached hydrogen (secondary N) is 1. The number of nitrogens with zero attached hydrogens (tertiary/aromatic N) is 1. The van der Waals surface area contributed by atoms with Crippen molar-refractivity contribution in [2.75, 3.05) is 11.9 Å². The number of halogens is 2. The van der Waals surface area contributed by atoms with Crippen molar-refractivity contribution >= 4 is 34.8 Å². The molecule has 1 unspecified atom stereocenters. The van der Waals surface area contributed by atoms with E-state index in [0.29, 0.717) is 47.2 Å². The molecule has 3 atom stereocenters. The molecule has 2 aromatic carbocycles. The lowest BCUT2D eigenvalue weighted by molar-refractivity contribution is -0.119. The van der Waals surface area contributed by atoms with Gasteiger partial charge in [-0.05, 0) is 75.4 Å². The average molecular weight is 602 g/mol. The fourth-order valence-electron chi connectivity index (χ4n) is 6.43. The zero-order valence-corrected chi connectivity index (χ0v) is 27.1. The number of carbonyl (C=O) groups is 1. The third-order valence-electron chi connectivity index (χ3n) is 9.00. The maximum Gasteiger partial charge on any atom is 0.226 e. The van der Waals surface area contributed by atoms with Crippen LogP contribution in [0.4, 0.5) is 5.69 Å². The van der Waals surface area contributed by atoms with E-state index in [1.54, 1.807) is 6.07 Å². The van der Waals surface area contributed by atoms with Crippen LogP contribution in [0.15, 0.2) is 60.3 Å². The van der Waals surface area contributed by atoms with Gasteiger partial charge in [0.05, 0.1) is 5.69 Å². The van der Waals surface area contributed by atoms with Crippen molar-refractivity contribution in [1.29, 1.82) is 0 Å². The molecule has 1 heterocycles. The van der Waals surface area contributed by atoms with Crippen molar-refractivity contribution in [3.63, 3.8) is 0 Å². The van der Waals surface area contributed by atoms with Crippen LogP contribution in [0.25, 0.3) is 0 Å².